The summed E-state index contributed by atoms with van der Waals surface area (Å²) in [4.78, 5) is 6.53. The molecule has 2 aromatic carbocycles. The van der Waals surface area contributed by atoms with Crippen molar-refractivity contribution in [1.29, 1.82) is 0 Å². The molecule has 0 saturated carbocycles. The van der Waals surface area contributed by atoms with Crippen molar-refractivity contribution in [1.82, 2.24) is 19.7 Å². The summed E-state index contributed by atoms with van der Waals surface area (Å²) >= 11 is 5.93. The quantitative estimate of drug-likeness (QED) is 0.483. The molecule has 0 amide bonds. The second-order valence-corrected chi connectivity index (χ2v) is 6.86. The number of nitrogens with zero attached hydrogens (tertiary/aromatic N) is 4. The third-order valence-corrected chi connectivity index (χ3v) is 4.45. The number of rotatable bonds is 6. The van der Waals surface area contributed by atoms with Crippen molar-refractivity contribution >= 4 is 11.6 Å². The lowest BCUT2D eigenvalue weighted by molar-refractivity contribution is 0.283. The van der Waals surface area contributed by atoms with Crippen LogP contribution in [0.3, 0.4) is 0 Å². The molecule has 0 bridgehead atoms. The molecule has 2 heterocycles. The van der Waals surface area contributed by atoms with E-state index >= 15 is 0 Å². The zero-order valence-corrected chi connectivity index (χ0v) is 15.7. The largest absolute Gasteiger partial charge is 0.439 e. The van der Waals surface area contributed by atoms with E-state index in [0.717, 1.165) is 29.1 Å². The zero-order chi connectivity index (χ0) is 18.6. The zero-order valence-electron chi connectivity index (χ0n) is 14.9. The van der Waals surface area contributed by atoms with Crippen LogP contribution in [0.2, 0.25) is 5.02 Å². The number of benzene rings is 2. The summed E-state index contributed by atoms with van der Waals surface area (Å²) in [6.45, 7) is 1.37. The smallest absolute Gasteiger partial charge is 0.209 e. The predicted molar refractivity (Wildman–Crippen MR) is 106 cm³/mol. The van der Waals surface area contributed by atoms with E-state index in [1.54, 1.807) is 6.20 Å². The lowest BCUT2D eigenvalue weighted by atomic mass is 10.2. The number of hydrogen-bond donors (Lipinski definition) is 0. The maximum atomic E-state index is 5.93. The van der Waals surface area contributed by atoms with Crippen LogP contribution in [0.4, 0.5) is 0 Å². The first-order chi connectivity index (χ1) is 13.2. The minimum absolute atomic E-state index is 0.615. The highest BCUT2D eigenvalue weighted by atomic mass is 35.5. The number of oxazole rings is 1. The van der Waals surface area contributed by atoms with E-state index in [2.05, 4.69) is 15.0 Å². The molecular formula is C21H19ClN4O. The van der Waals surface area contributed by atoms with Crippen LogP contribution in [-0.2, 0) is 13.1 Å². The summed E-state index contributed by atoms with van der Waals surface area (Å²) in [6, 6.07) is 17.6. The second kappa shape index (κ2) is 7.78. The molecule has 5 nitrogen and oxygen atoms in total. The fourth-order valence-electron chi connectivity index (χ4n) is 2.89. The first-order valence-electron chi connectivity index (χ1n) is 8.65. The van der Waals surface area contributed by atoms with Gasteiger partial charge in [-0.05, 0) is 43.4 Å². The van der Waals surface area contributed by atoms with Gasteiger partial charge >= 0.3 is 0 Å². The Hall–Kier alpha value is -2.89. The average molecular weight is 379 g/mol. The van der Waals surface area contributed by atoms with Gasteiger partial charge in [0.1, 0.15) is 0 Å². The molecule has 0 saturated heterocycles. The molecule has 0 aliphatic heterocycles. The van der Waals surface area contributed by atoms with Gasteiger partial charge < -0.3 is 4.42 Å². The summed E-state index contributed by atoms with van der Waals surface area (Å²) < 4.78 is 7.76. The number of hydrogen-bond acceptors (Lipinski definition) is 4. The Balaban J connectivity index is 1.39. The monoisotopic (exact) mass is 378 g/mol. The Kier molecular flexibility index (Phi) is 5.05. The Labute approximate surface area is 162 Å². The first kappa shape index (κ1) is 17.5. The van der Waals surface area contributed by atoms with Crippen LogP contribution in [0.5, 0.6) is 0 Å². The van der Waals surface area contributed by atoms with E-state index in [9.17, 15) is 0 Å². The minimum atomic E-state index is 0.615. The minimum Gasteiger partial charge on any atom is -0.439 e. The van der Waals surface area contributed by atoms with Gasteiger partial charge in [-0.25, -0.2) is 9.67 Å². The molecule has 6 heteroatoms. The van der Waals surface area contributed by atoms with Crippen molar-refractivity contribution in [3.63, 3.8) is 0 Å². The van der Waals surface area contributed by atoms with Crippen LogP contribution in [0.15, 0.2) is 77.6 Å². The third kappa shape index (κ3) is 4.27. The van der Waals surface area contributed by atoms with Gasteiger partial charge in [-0.15, -0.1) is 0 Å². The van der Waals surface area contributed by atoms with E-state index in [0.29, 0.717) is 17.5 Å². The highest BCUT2D eigenvalue weighted by Gasteiger charge is 2.10. The van der Waals surface area contributed by atoms with Gasteiger partial charge in [0, 0.05) is 28.9 Å². The van der Waals surface area contributed by atoms with Crippen molar-refractivity contribution in [2.75, 3.05) is 7.05 Å². The molecule has 0 radical (unpaired) electrons. The van der Waals surface area contributed by atoms with Crippen molar-refractivity contribution in [3.8, 4) is 17.0 Å². The van der Waals surface area contributed by atoms with Crippen molar-refractivity contribution in [2.45, 2.75) is 13.1 Å². The van der Waals surface area contributed by atoms with Gasteiger partial charge in [0.2, 0.25) is 5.89 Å². The topological polar surface area (TPSA) is 47.1 Å². The summed E-state index contributed by atoms with van der Waals surface area (Å²) in [7, 11) is 2.03. The van der Waals surface area contributed by atoms with E-state index in [1.807, 2.05) is 78.7 Å². The lowest BCUT2D eigenvalue weighted by Gasteiger charge is -2.12. The molecule has 27 heavy (non-hydrogen) atoms. The van der Waals surface area contributed by atoms with Crippen LogP contribution in [-0.4, -0.2) is 26.7 Å². The van der Waals surface area contributed by atoms with Gasteiger partial charge in [-0.3, -0.25) is 4.90 Å². The summed E-state index contributed by atoms with van der Waals surface area (Å²) in [5.74, 6) is 1.42. The molecule has 136 valence electrons. The van der Waals surface area contributed by atoms with Crippen LogP contribution in [0, 0.1) is 0 Å². The predicted octanol–water partition coefficient (Wildman–Crippen LogP) is 4.81. The van der Waals surface area contributed by atoms with Crippen LogP contribution < -0.4 is 0 Å². The van der Waals surface area contributed by atoms with Gasteiger partial charge in [0.05, 0.1) is 24.6 Å². The Morgan fingerprint density at radius 2 is 1.78 bits per heavy atom. The van der Waals surface area contributed by atoms with Crippen LogP contribution in [0.25, 0.3) is 17.0 Å². The molecule has 4 aromatic rings. The summed E-state index contributed by atoms with van der Waals surface area (Å²) in [6.07, 6.45) is 5.68. The van der Waals surface area contributed by atoms with E-state index in [1.165, 1.54) is 0 Å². The number of halogens is 1. The number of aromatic nitrogens is 3. The molecule has 0 aliphatic rings. The van der Waals surface area contributed by atoms with Crippen LogP contribution >= 0.6 is 11.6 Å². The van der Waals surface area contributed by atoms with E-state index < -0.39 is 0 Å². The molecule has 2 aromatic heterocycles. The fraction of sp³-hybridized carbons (Fsp3) is 0.143. The van der Waals surface area contributed by atoms with Gasteiger partial charge in [0.15, 0.2) is 5.76 Å². The lowest BCUT2D eigenvalue weighted by Crippen LogP contribution is -2.17. The molecule has 0 N–H and O–H groups in total. The van der Waals surface area contributed by atoms with Crippen molar-refractivity contribution < 1.29 is 4.42 Å². The summed E-state index contributed by atoms with van der Waals surface area (Å²) in [5, 5.41) is 5.14. The highest BCUT2D eigenvalue weighted by molar-refractivity contribution is 6.30. The normalized spacial score (nSPS) is 11.2. The molecule has 0 unspecified atom stereocenters. The molecule has 0 aliphatic carbocycles. The number of para-hydroxylation sites is 1. The van der Waals surface area contributed by atoms with Crippen LogP contribution in [0.1, 0.15) is 11.5 Å². The first-order valence-corrected chi connectivity index (χ1v) is 9.03. The molecular weight excluding hydrogens is 360 g/mol. The Bertz CT molecular complexity index is 1010. The fourth-order valence-corrected chi connectivity index (χ4v) is 3.02. The standard InChI is InChI=1S/C21H19ClN4O/c1-25(13-16-11-24-26(14-16)19-5-3-2-4-6-19)15-21-23-12-20(27-21)17-7-9-18(22)10-8-17/h2-12,14H,13,15H2,1H3. The molecule has 0 fully saturated rings. The SMILES string of the molecule is CN(Cc1cnn(-c2ccccc2)c1)Cc1ncc(-c2ccc(Cl)cc2)o1. The molecule has 4 rings (SSSR count). The average Bonchev–Trinajstić information content (AvgIpc) is 3.33. The second-order valence-electron chi connectivity index (χ2n) is 6.43. The van der Waals surface area contributed by atoms with E-state index in [-0.39, 0.29) is 0 Å². The van der Waals surface area contributed by atoms with Crippen molar-refractivity contribution in [3.05, 3.63) is 89.7 Å². The summed E-state index contributed by atoms with van der Waals surface area (Å²) in [5.41, 5.74) is 3.14. The Morgan fingerprint density at radius 1 is 1.00 bits per heavy atom. The maximum Gasteiger partial charge on any atom is 0.209 e. The molecule has 0 spiro atoms. The third-order valence-electron chi connectivity index (χ3n) is 4.20. The highest BCUT2D eigenvalue weighted by Crippen LogP contribution is 2.23. The van der Waals surface area contributed by atoms with Gasteiger partial charge in [-0.2, -0.15) is 5.10 Å². The van der Waals surface area contributed by atoms with Crippen molar-refractivity contribution in [2.24, 2.45) is 0 Å². The molecule has 0 atom stereocenters. The van der Waals surface area contributed by atoms with E-state index in [4.69, 9.17) is 16.0 Å². The van der Waals surface area contributed by atoms with Gasteiger partial charge in [-0.1, -0.05) is 29.8 Å². The maximum absolute atomic E-state index is 5.93. The Morgan fingerprint density at radius 3 is 2.56 bits per heavy atom. The van der Waals surface area contributed by atoms with Gasteiger partial charge in [0.25, 0.3) is 0 Å².